The molecule has 0 aliphatic heterocycles. The van der Waals surface area contributed by atoms with E-state index in [2.05, 4.69) is 29.4 Å². The summed E-state index contributed by atoms with van der Waals surface area (Å²) in [6.07, 6.45) is 3.71. The maximum atomic E-state index is 13.7. The molecule has 188 valence electrons. The molecule has 3 heterocycles. The fourth-order valence-corrected chi connectivity index (χ4v) is 4.38. The summed E-state index contributed by atoms with van der Waals surface area (Å²) in [7, 11) is 1.97. The van der Waals surface area contributed by atoms with E-state index in [-0.39, 0.29) is 18.5 Å². The number of halogens is 1. The van der Waals surface area contributed by atoms with Crippen LogP contribution in [-0.2, 0) is 6.54 Å². The molecule has 3 aromatic heterocycles. The average Bonchev–Trinajstić information content (AvgIpc) is 3.28. The fraction of sp³-hybridized carbons (Fsp3) is 0.207. The van der Waals surface area contributed by atoms with Gasteiger partial charge < -0.3 is 10.4 Å². The zero-order valence-electron chi connectivity index (χ0n) is 20.8. The molecular weight excluding hydrogens is 467 g/mol. The Kier molecular flexibility index (Phi) is 7.20. The van der Waals surface area contributed by atoms with Gasteiger partial charge in [0, 0.05) is 31.0 Å². The third kappa shape index (κ3) is 5.50. The number of hydrogen-bond acceptors (Lipinski definition) is 6. The molecule has 7 nitrogen and oxygen atoms in total. The summed E-state index contributed by atoms with van der Waals surface area (Å²) >= 11 is 0. The molecule has 0 saturated carbocycles. The van der Waals surface area contributed by atoms with E-state index in [1.165, 1.54) is 12.1 Å². The number of pyridine rings is 1. The molecule has 0 saturated heterocycles. The van der Waals surface area contributed by atoms with Crippen LogP contribution in [0.5, 0.6) is 0 Å². The Labute approximate surface area is 215 Å². The zero-order valence-corrected chi connectivity index (χ0v) is 20.8. The number of fused-ring (bicyclic) bond motifs is 1. The quantitative estimate of drug-likeness (QED) is 0.292. The van der Waals surface area contributed by atoms with Gasteiger partial charge in [-0.1, -0.05) is 30.3 Å². The predicted octanol–water partition coefficient (Wildman–Crippen LogP) is 5.19. The van der Waals surface area contributed by atoms with E-state index < -0.39 is 0 Å². The van der Waals surface area contributed by atoms with Crippen molar-refractivity contribution in [3.63, 3.8) is 0 Å². The summed E-state index contributed by atoms with van der Waals surface area (Å²) in [5, 5.41) is 12.6. The molecule has 1 atom stereocenters. The Balaban J connectivity index is 1.56. The van der Waals surface area contributed by atoms with E-state index in [0.29, 0.717) is 30.4 Å². The number of nitrogens with zero attached hydrogens (tertiary/aromatic N) is 5. The minimum Gasteiger partial charge on any atom is -0.395 e. The largest absolute Gasteiger partial charge is 0.395 e. The van der Waals surface area contributed by atoms with Gasteiger partial charge >= 0.3 is 0 Å². The summed E-state index contributed by atoms with van der Waals surface area (Å²) in [6.45, 7) is 3.45. The topological polar surface area (TPSA) is 78.6 Å². The van der Waals surface area contributed by atoms with Gasteiger partial charge in [0.25, 0.3) is 0 Å². The van der Waals surface area contributed by atoms with Crippen LogP contribution in [-0.4, -0.2) is 49.6 Å². The molecule has 37 heavy (non-hydrogen) atoms. The minimum absolute atomic E-state index is 0.0219. The lowest BCUT2D eigenvalue weighted by Gasteiger charge is -2.15. The second kappa shape index (κ2) is 10.9. The number of rotatable bonds is 9. The number of hydrogen-bond donors (Lipinski definition) is 2. The monoisotopic (exact) mass is 496 g/mol. The molecule has 0 radical (unpaired) electrons. The Bertz CT molecular complexity index is 1490. The summed E-state index contributed by atoms with van der Waals surface area (Å²) < 4.78 is 15.7. The molecule has 8 heteroatoms. The number of aliphatic hydroxyl groups excluding tert-OH is 1. The Hall–Kier alpha value is -4.14. The van der Waals surface area contributed by atoms with Crippen molar-refractivity contribution in [2.45, 2.75) is 19.5 Å². The zero-order chi connectivity index (χ0) is 25.8. The molecule has 0 amide bonds. The van der Waals surface area contributed by atoms with Crippen LogP contribution in [0.3, 0.4) is 0 Å². The second-order valence-corrected chi connectivity index (χ2v) is 9.08. The highest BCUT2D eigenvalue weighted by atomic mass is 19.1. The molecule has 5 rings (SSSR count). The maximum Gasteiger partial charge on any atom is 0.223 e. The standard InChI is InChI=1S/C29H29FN6O/c1-20(22-6-4-3-5-7-22)32-29-31-14-12-25(33-29)28-27(23-8-10-24(30)11-9-23)34-26-18-21(13-15-36(26)28)19-35(2)16-17-37/h3-15,18,20,37H,16-17,19H2,1-2H3,(H,31,32,33)/t20-/m0/s1. The van der Waals surface area contributed by atoms with Gasteiger partial charge in [-0.15, -0.1) is 0 Å². The summed E-state index contributed by atoms with van der Waals surface area (Å²) in [5.74, 6) is 0.211. The van der Waals surface area contributed by atoms with Crippen LogP contribution < -0.4 is 5.32 Å². The predicted molar refractivity (Wildman–Crippen MR) is 144 cm³/mol. The van der Waals surface area contributed by atoms with Gasteiger partial charge in [0.15, 0.2) is 0 Å². The number of nitrogens with one attached hydrogen (secondary N) is 1. The van der Waals surface area contributed by atoms with Crippen LogP contribution in [0.2, 0.25) is 0 Å². The van der Waals surface area contributed by atoms with Crippen molar-refractivity contribution in [1.82, 2.24) is 24.3 Å². The van der Waals surface area contributed by atoms with Crippen LogP contribution in [0.25, 0.3) is 28.3 Å². The van der Waals surface area contributed by atoms with E-state index in [1.807, 2.05) is 58.9 Å². The van der Waals surface area contributed by atoms with Crippen molar-refractivity contribution in [3.8, 4) is 22.6 Å². The van der Waals surface area contributed by atoms with Gasteiger partial charge in [-0.3, -0.25) is 9.30 Å². The molecular formula is C29H29FN6O. The third-order valence-corrected chi connectivity index (χ3v) is 6.29. The molecule has 5 aromatic rings. The van der Waals surface area contributed by atoms with E-state index >= 15 is 0 Å². The number of aliphatic hydroxyl groups is 1. The molecule has 0 fully saturated rings. The lowest BCUT2D eigenvalue weighted by Crippen LogP contribution is -2.21. The van der Waals surface area contributed by atoms with Gasteiger partial charge in [0.2, 0.25) is 5.95 Å². The molecule has 0 unspecified atom stereocenters. The number of likely N-dealkylation sites (N-methyl/N-ethyl adjacent to an activating group) is 1. The first-order valence-electron chi connectivity index (χ1n) is 12.2. The number of anilines is 1. The first kappa shape index (κ1) is 24.5. The van der Waals surface area contributed by atoms with E-state index in [0.717, 1.165) is 28.0 Å². The lowest BCUT2D eigenvalue weighted by molar-refractivity contribution is 0.217. The van der Waals surface area contributed by atoms with Gasteiger partial charge in [-0.25, -0.2) is 19.3 Å². The van der Waals surface area contributed by atoms with Crippen LogP contribution in [0.15, 0.2) is 85.2 Å². The van der Waals surface area contributed by atoms with Crippen molar-refractivity contribution in [3.05, 3.63) is 102 Å². The first-order valence-corrected chi connectivity index (χ1v) is 12.2. The molecule has 2 N–H and O–H groups in total. The highest BCUT2D eigenvalue weighted by Crippen LogP contribution is 2.33. The van der Waals surface area contributed by atoms with Crippen molar-refractivity contribution in [2.24, 2.45) is 0 Å². The van der Waals surface area contributed by atoms with Crippen molar-refractivity contribution >= 4 is 11.6 Å². The Morgan fingerprint density at radius 1 is 1.03 bits per heavy atom. The summed E-state index contributed by atoms with van der Waals surface area (Å²) in [4.78, 5) is 16.3. The smallest absolute Gasteiger partial charge is 0.223 e. The number of benzene rings is 2. The summed E-state index contributed by atoms with van der Waals surface area (Å²) in [5.41, 5.74) is 5.98. The van der Waals surface area contributed by atoms with Crippen LogP contribution in [0, 0.1) is 5.82 Å². The van der Waals surface area contributed by atoms with Crippen LogP contribution >= 0.6 is 0 Å². The Morgan fingerprint density at radius 3 is 2.57 bits per heavy atom. The fourth-order valence-electron chi connectivity index (χ4n) is 4.38. The highest BCUT2D eigenvalue weighted by molar-refractivity contribution is 5.80. The third-order valence-electron chi connectivity index (χ3n) is 6.29. The normalized spacial score (nSPS) is 12.2. The molecule has 0 bridgehead atoms. The first-order chi connectivity index (χ1) is 18.0. The average molecular weight is 497 g/mol. The van der Waals surface area contributed by atoms with Gasteiger partial charge in [-0.05, 0) is 67.6 Å². The van der Waals surface area contributed by atoms with Crippen molar-refractivity contribution < 1.29 is 9.50 Å². The molecule has 0 spiro atoms. The number of imidazole rings is 1. The van der Waals surface area contributed by atoms with E-state index in [1.54, 1.807) is 18.3 Å². The number of aromatic nitrogens is 4. The minimum atomic E-state index is -0.299. The van der Waals surface area contributed by atoms with Gasteiger partial charge in [0.1, 0.15) is 11.5 Å². The lowest BCUT2D eigenvalue weighted by atomic mass is 10.1. The van der Waals surface area contributed by atoms with Crippen LogP contribution in [0.1, 0.15) is 24.1 Å². The van der Waals surface area contributed by atoms with Gasteiger partial charge in [-0.2, -0.15) is 0 Å². The highest BCUT2D eigenvalue weighted by Gasteiger charge is 2.19. The van der Waals surface area contributed by atoms with Crippen molar-refractivity contribution in [1.29, 1.82) is 0 Å². The van der Waals surface area contributed by atoms with E-state index in [9.17, 15) is 9.50 Å². The molecule has 2 aromatic carbocycles. The molecule has 0 aliphatic carbocycles. The maximum absolute atomic E-state index is 13.7. The van der Waals surface area contributed by atoms with E-state index in [4.69, 9.17) is 9.97 Å². The SMILES string of the molecule is C[C@H](Nc1nccc(-c2c(-c3ccc(F)cc3)nc3cc(CN(C)CCO)ccn23)n1)c1ccccc1. The Morgan fingerprint density at radius 2 is 1.81 bits per heavy atom. The van der Waals surface area contributed by atoms with Crippen LogP contribution in [0.4, 0.5) is 10.3 Å². The second-order valence-electron chi connectivity index (χ2n) is 9.08. The van der Waals surface area contributed by atoms with Gasteiger partial charge in [0.05, 0.1) is 29.7 Å². The molecule has 0 aliphatic rings. The van der Waals surface area contributed by atoms with Crippen molar-refractivity contribution in [2.75, 3.05) is 25.5 Å². The summed E-state index contributed by atoms with van der Waals surface area (Å²) in [6, 6.07) is 22.4.